The Morgan fingerprint density at radius 2 is 2.30 bits per heavy atom. The predicted molar refractivity (Wildman–Crippen MR) is 75.6 cm³/mol. The van der Waals surface area contributed by atoms with Crippen molar-refractivity contribution in [2.75, 3.05) is 19.6 Å². The average Bonchev–Trinajstić information content (AvgIpc) is 2.48. The van der Waals surface area contributed by atoms with E-state index in [4.69, 9.17) is 0 Å². The van der Waals surface area contributed by atoms with Crippen LogP contribution in [0.4, 0.5) is 5.69 Å². The van der Waals surface area contributed by atoms with E-state index >= 15 is 0 Å². The predicted octanol–water partition coefficient (Wildman–Crippen LogP) is 1.63. The summed E-state index contributed by atoms with van der Waals surface area (Å²) in [5, 5.41) is 16.7. The largest absolute Gasteiger partial charge is 0.352 e. The number of nitro benzene ring substituents is 1. The summed E-state index contributed by atoms with van der Waals surface area (Å²) in [5.74, 6) is -0.275. The molecule has 0 spiro atoms. The van der Waals surface area contributed by atoms with Gasteiger partial charge >= 0.3 is 0 Å². The van der Waals surface area contributed by atoms with Crippen LogP contribution < -0.4 is 10.6 Å². The molecule has 106 valence electrons. The number of amides is 1. The van der Waals surface area contributed by atoms with E-state index < -0.39 is 4.92 Å². The molecule has 1 amide bonds. The molecule has 0 radical (unpaired) electrons. The summed E-state index contributed by atoms with van der Waals surface area (Å²) in [7, 11) is 0. The van der Waals surface area contributed by atoms with Gasteiger partial charge in [-0.3, -0.25) is 14.9 Å². The standard InChI is InChI=1S/C14H17N3O3/c18-14(12-2-1-3-13(10-12)17(19)20)16-9-6-11-4-7-15-8-5-11/h1-4,10,15H,5-9H2,(H,16,18). The van der Waals surface area contributed by atoms with Gasteiger partial charge in [0.05, 0.1) is 4.92 Å². The van der Waals surface area contributed by atoms with E-state index in [1.165, 1.54) is 23.8 Å². The third-order valence-corrected chi connectivity index (χ3v) is 3.21. The van der Waals surface area contributed by atoms with E-state index in [-0.39, 0.29) is 11.6 Å². The fourth-order valence-corrected chi connectivity index (χ4v) is 2.10. The Hall–Kier alpha value is -2.21. The molecule has 0 saturated carbocycles. The Morgan fingerprint density at radius 1 is 1.45 bits per heavy atom. The molecule has 1 heterocycles. The molecule has 0 unspecified atom stereocenters. The lowest BCUT2D eigenvalue weighted by molar-refractivity contribution is -0.384. The molecule has 0 atom stereocenters. The van der Waals surface area contributed by atoms with Gasteiger partial charge in [0, 0.05) is 30.8 Å². The maximum atomic E-state index is 11.9. The number of carbonyl (C=O) groups is 1. The molecule has 1 aliphatic rings. The summed E-state index contributed by atoms with van der Waals surface area (Å²) >= 11 is 0. The molecule has 0 saturated heterocycles. The van der Waals surface area contributed by atoms with Crippen LogP contribution in [-0.4, -0.2) is 30.5 Å². The van der Waals surface area contributed by atoms with Crippen LogP contribution in [0.1, 0.15) is 23.2 Å². The van der Waals surface area contributed by atoms with Gasteiger partial charge in [-0.2, -0.15) is 0 Å². The Kier molecular flexibility index (Phi) is 4.84. The zero-order chi connectivity index (χ0) is 14.4. The lowest BCUT2D eigenvalue weighted by Gasteiger charge is -2.14. The highest BCUT2D eigenvalue weighted by Crippen LogP contribution is 2.13. The van der Waals surface area contributed by atoms with Crippen molar-refractivity contribution >= 4 is 11.6 Å². The first-order valence-corrected chi connectivity index (χ1v) is 6.58. The Bertz CT molecular complexity index is 540. The monoisotopic (exact) mass is 275 g/mol. The molecule has 2 N–H and O–H groups in total. The van der Waals surface area contributed by atoms with Crippen LogP contribution in [0, 0.1) is 10.1 Å². The topological polar surface area (TPSA) is 84.3 Å². The number of nitro groups is 1. The van der Waals surface area contributed by atoms with Crippen LogP contribution >= 0.6 is 0 Å². The minimum Gasteiger partial charge on any atom is -0.352 e. The molecule has 6 nitrogen and oxygen atoms in total. The van der Waals surface area contributed by atoms with Gasteiger partial charge in [0.25, 0.3) is 11.6 Å². The zero-order valence-electron chi connectivity index (χ0n) is 11.1. The number of hydrogen-bond donors (Lipinski definition) is 2. The minimum atomic E-state index is -0.503. The number of nitrogens with zero attached hydrogens (tertiary/aromatic N) is 1. The molecule has 0 bridgehead atoms. The second kappa shape index (κ2) is 6.81. The van der Waals surface area contributed by atoms with Crippen molar-refractivity contribution in [3.63, 3.8) is 0 Å². The van der Waals surface area contributed by atoms with Crippen LogP contribution in [0.2, 0.25) is 0 Å². The van der Waals surface area contributed by atoms with Crippen molar-refractivity contribution in [3.05, 3.63) is 51.6 Å². The smallest absolute Gasteiger partial charge is 0.270 e. The number of nitrogens with one attached hydrogen (secondary N) is 2. The van der Waals surface area contributed by atoms with Gasteiger partial charge in [0.1, 0.15) is 0 Å². The van der Waals surface area contributed by atoms with Gasteiger partial charge in [0.15, 0.2) is 0 Å². The van der Waals surface area contributed by atoms with Gasteiger partial charge in [-0.05, 0) is 25.5 Å². The van der Waals surface area contributed by atoms with Crippen LogP contribution in [0.5, 0.6) is 0 Å². The average molecular weight is 275 g/mol. The summed E-state index contributed by atoms with van der Waals surface area (Å²) in [6.45, 7) is 2.41. The molecule has 1 aromatic carbocycles. The van der Waals surface area contributed by atoms with Gasteiger partial charge in [-0.25, -0.2) is 0 Å². The lowest BCUT2D eigenvalue weighted by Crippen LogP contribution is -2.26. The second-order valence-electron chi connectivity index (χ2n) is 4.63. The van der Waals surface area contributed by atoms with Crippen LogP contribution in [0.25, 0.3) is 0 Å². The Morgan fingerprint density at radius 3 is 3.00 bits per heavy atom. The van der Waals surface area contributed by atoms with Crippen molar-refractivity contribution in [3.8, 4) is 0 Å². The lowest BCUT2D eigenvalue weighted by atomic mass is 10.1. The van der Waals surface area contributed by atoms with E-state index in [0.29, 0.717) is 12.1 Å². The third kappa shape index (κ3) is 3.89. The van der Waals surface area contributed by atoms with Gasteiger partial charge < -0.3 is 10.6 Å². The number of benzene rings is 1. The van der Waals surface area contributed by atoms with Crippen molar-refractivity contribution in [2.45, 2.75) is 12.8 Å². The fourth-order valence-electron chi connectivity index (χ4n) is 2.10. The van der Waals surface area contributed by atoms with E-state index in [1.54, 1.807) is 6.07 Å². The Balaban J connectivity index is 1.86. The minimum absolute atomic E-state index is 0.0706. The molecule has 20 heavy (non-hydrogen) atoms. The van der Waals surface area contributed by atoms with Crippen LogP contribution in [0.15, 0.2) is 35.9 Å². The van der Waals surface area contributed by atoms with E-state index in [1.807, 2.05) is 0 Å². The molecule has 1 aliphatic heterocycles. The molecule has 6 heteroatoms. The number of rotatable bonds is 5. The highest BCUT2D eigenvalue weighted by atomic mass is 16.6. The van der Waals surface area contributed by atoms with Gasteiger partial charge in [0.2, 0.25) is 0 Å². The number of hydrogen-bond acceptors (Lipinski definition) is 4. The van der Waals surface area contributed by atoms with Crippen molar-refractivity contribution in [2.24, 2.45) is 0 Å². The molecule has 1 aromatic rings. The fraction of sp³-hybridized carbons (Fsp3) is 0.357. The molecule has 2 rings (SSSR count). The highest BCUT2D eigenvalue weighted by Gasteiger charge is 2.11. The Labute approximate surface area is 117 Å². The van der Waals surface area contributed by atoms with Gasteiger partial charge in [-0.15, -0.1) is 0 Å². The molecular formula is C14H17N3O3. The molecule has 0 fully saturated rings. The summed E-state index contributed by atoms with van der Waals surface area (Å²) in [6.07, 6.45) is 3.97. The van der Waals surface area contributed by atoms with E-state index in [2.05, 4.69) is 16.7 Å². The highest BCUT2D eigenvalue weighted by molar-refractivity contribution is 5.94. The first kappa shape index (κ1) is 14.2. The SMILES string of the molecule is O=C(NCCC1=CCNCC1)c1cccc([N+](=O)[O-])c1. The van der Waals surface area contributed by atoms with Crippen molar-refractivity contribution in [1.29, 1.82) is 0 Å². The normalized spacial score (nSPS) is 14.5. The zero-order valence-corrected chi connectivity index (χ0v) is 11.1. The molecular weight excluding hydrogens is 258 g/mol. The van der Waals surface area contributed by atoms with Crippen molar-refractivity contribution < 1.29 is 9.72 Å². The summed E-state index contributed by atoms with van der Waals surface area (Å²) in [6, 6.07) is 5.75. The van der Waals surface area contributed by atoms with E-state index in [0.717, 1.165) is 25.9 Å². The second-order valence-corrected chi connectivity index (χ2v) is 4.63. The van der Waals surface area contributed by atoms with Gasteiger partial charge in [-0.1, -0.05) is 17.7 Å². The van der Waals surface area contributed by atoms with Crippen molar-refractivity contribution in [1.82, 2.24) is 10.6 Å². The van der Waals surface area contributed by atoms with E-state index in [9.17, 15) is 14.9 Å². The number of non-ortho nitro benzene ring substituents is 1. The number of carbonyl (C=O) groups excluding carboxylic acids is 1. The first-order chi connectivity index (χ1) is 9.66. The van der Waals surface area contributed by atoms with Crippen LogP contribution in [-0.2, 0) is 0 Å². The maximum absolute atomic E-state index is 11.9. The first-order valence-electron chi connectivity index (χ1n) is 6.58. The maximum Gasteiger partial charge on any atom is 0.270 e. The van der Waals surface area contributed by atoms with Crippen LogP contribution in [0.3, 0.4) is 0 Å². The summed E-state index contributed by atoms with van der Waals surface area (Å²) in [4.78, 5) is 22.0. The third-order valence-electron chi connectivity index (χ3n) is 3.21. The summed E-state index contributed by atoms with van der Waals surface area (Å²) < 4.78 is 0. The molecule has 0 aromatic heterocycles. The molecule has 0 aliphatic carbocycles. The summed E-state index contributed by atoms with van der Waals surface area (Å²) in [5.41, 5.74) is 1.58. The quantitative estimate of drug-likeness (QED) is 0.486.